The number of rotatable bonds is 5. The monoisotopic (exact) mass is 311 g/mol. The van der Waals surface area contributed by atoms with Crippen LogP contribution in [0, 0.1) is 0 Å². The van der Waals surface area contributed by atoms with Gasteiger partial charge in [0.25, 0.3) is 0 Å². The maximum absolute atomic E-state index is 12.4. The van der Waals surface area contributed by atoms with Crippen molar-refractivity contribution >= 4 is 5.91 Å². The van der Waals surface area contributed by atoms with Crippen molar-refractivity contribution in [1.82, 2.24) is 15.0 Å². The van der Waals surface area contributed by atoms with Gasteiger partial charge in [-0.25, -0.2) is 0 Å². The van der Waals surface area contributed by atoms with Crippen LogP contribution in [0.1, 0.15) is 35.8 Å². The van der Waals surface area contributed by atoms with E-state index >= 15 is 0 Å². The highest BCUT2D eigenvalue weighted by molar-refractivity contribution is 5.79. The SMILES string of the molecule is O=C1CN(Cc2cc(C3CC3)on2)CCN1Cc1ccccc1. The number of carbonyl (C=O) groups excluding carboxylic acids is 1. The quantitative estimate of drug-likeness (QED) is 0.851. The van der Waals surface area contributed by atoms with E-state index in [1.807, 2.05) is 23.1 Å². The van der Waals surface area contributed by atoms with E-state index in [0.29, 0.717) is 25.6 Å². The highest BCUT2D eigenvalue weighted by Gasteiger charge is 2.29. The van der Waals surface area contributed by atoms with E-state index in [0.717, 1.165) is 24.5 Å². The zero-order valence-corrected chi connectivity index (χ0v) is 13.1. The van der Waals surface area contributed by atoms with Crippen molar-refractivity contribution in [3.63, 3.8) is 0 Å². The van der Waals surface area contributed by atoms with E-state index in [1.165, 1.54) is 18.4 Å². The largest absolute Gasteiger partial charge is 0.361 e. The molecule has 1 aliphatic heterocycles. The maximum Gasteiger partial charge on any atom is 0.237 e. The van der Waals surface area contributed by atoms with E-state index in [9.17, 15) is 4.79 Å². The molecule has 2 heterocycles. The summed E-state index contributed by atoms with van der Waals surface area (Å²) in [6, 6.07) is 12.2. The Kier molecular flexibility index (Phi) is 3.87. The predicted molar refractivity (Wildman–Crippen MR) is 85.6 cm³/mol. The fourth-order valence-corrected chi connectivity index (χ4v) is 3.06. The molecule has 5 nitrogen and oxygen atoms in total. The van der Waals surface area contributed by atoms with Crippen molar-refractivity contribution in [1.29, 1.82) is 0 Å². The third-order valence-electron chi connectivity index (χ3n) is 4.56. The van der Waals surface area contributed by atoms with Gasteiger partial charge in [0.1, 0.15) is 5.76 Å². The zero-order valence-electron chi connectivity index (χ0n) is 13.1. The molecular weight excluding hydrogens is 290 g/mol. The minimum atomic E-state index is 0.186. The van der Waals surface area contributed by atoms with E-state index in [4.69, 9.17) is 4.52 Å². The van der Waals surface area contributed by atoms with Gasteiger partial charge in [-0.3, -0.25) is 9.69 Å². The molecule has 23 heavy (non-hydrogen) atoms. The highest BCUT2D eigenvalue weighted by atomic mass is 16.5. The molecule has 0 atom stereocenters. The number of nitrogens with zero attached hydrogens (tertiary/aromatic N) is 3. The lowest BCUT2D eigenvalue weighted by Gasteiger charge is -2.33. The fraction of sp³-hybridized carbons (Fsp3) is 0.444. The molecule has 0 unspecified atom stereocenters. The second-order valence-electron chi connectivity index (χ2n) is 6.51. The molecule has 0 bridgehead atoms. The van der Waals surface area contributed by atoms with Crippen LogP contribution in [0.3, 0.4) is 0 Å². The molecule has 1 aromatic heterocycles. The summed E-state index contributed by atoms with van der Waals surface area (Å²) in [5.41, 5.74) is 2.12. The molecule has 1 saturated carbocycles. The molecule has 1 saturated heterocycles. The first kappa shape index (κ1) is 14.5. The Bertz CT molecular complexity index is 679. The topological polar surface area (TPSA) is 49.6 Å². The first-order valence-electron chi connectivity index (χ1n) is 8.27. The normalized spacial score (nSPS) is 19.3. The van der Waals surface area contributed by atoms with Gasteiger partial charge in [0.15, 0.2) is 0 Å². The molecule has 2 fully saturated rings. The maximum atomic E-state index is 12.4. The lowest BCUT2D eigenvalue weighted by Crippen LogP contribution is -2.49. The molecule has 1 amide bonds. The van der Waals surface area contributed by atoms with Crippen LogP contribution in [0.2, 0.25) is 0 Å². The Morgan fingerprint density at radius 3 is 2.70 bits per heavy atom. The summed E-state index contributed by atoms with van der Waals surface area (Å²) < 4.78 is 5.39. The lowest BCUT2D eigenvalue weighted by atomic mass is 10.2. The van der Waals surface area contributed by atoms with Gasteiger partial charge in [-0.05, 0) is 18.4 Å². The van der Waals surface area contributed by atoms with Crippen LogP contribution in [-0.2, 0) is 17.9 Å². The lowest BCUT2D eigenvalue weighted by molar-refractivity contribution is -0.136. The summed E-state index contributed by atoms with van der Waals surface area (Å²) in [6.45, 7) is 3.49. The van der Waals surface area contributed by atoms with Crippen LogP contribution in [-0.4, -0.2) is 40.5 Å². The molecule has 5 heteroatoms. The number of amides is 1. The number of aromatic nitrogens is 1. The number of hydrogen-bond donors (Lipinski definition) is 0. The van der Waals surface area contributed by atoms with E-state index < -0.39 is 0 Å². The third kappa shape index (κ3) is 3.45. The van der Waals surface area contributed by atoms with Crippen LogP contribution < -0.4 is 0 Å². The van der Waals surface area contributed by atoms with E-state index in [-0.39, 0.29) is 5.91 Å². The van der Waals surface area contributed by atoms with Gasteiger partial charge in [-0.1, -0.05) is 35.5 Å². The Hall–Kier alpha value is -2.14. The standard InChI is InChI=1S/C18H21N3O2/c22-18-13-20(12-16-10-17(23-19-16)15-6-7-15)8-9-21(18)11-14-4-2-1-3-5-14/h1-5,10,15H,6-9,11-13H2. The van der Waals surface area contributed by atoms with Gasteiger partial charge < -0.3 is 9.42 Å². The van der Waals surface area contributed by atoms with Crippen LogP contribution in [0.5, 0.6) is 0 Å². The number of carbonyl (C=O) groups is 1. The summed E-state index contributed by atoms with van der Waals surface area (Å²) in [6.07, 6.45) is 2.43. The van der Waals surface area contributed by atoms with Gasteiger partial charge in [0.2, 0.25) is 5.91 Å². The molecule has 0 radical (unpaired) electrons. The molecule has 0 spiro atoms. The van der Waals surface area contributed by atoms with Crippen molar-refractivity contribution in [3.8, 4) is 0 Å². The molecule has 0 N–H and O–H groups in total. The van der Waals surface area contributed by atoms with E-state index in [1.54, 1.807) is 0 Å². The third-order valence-corrected chi connectivity index (χ3v) is 4.56. The molecule has 120 valence electrons. The van der Waals surface area contributed by atoms with Crippen molar-refractivity contribution < 1.29 is 9.32 Å². The van der Waals surface area contributed by atoms with Gasteiger partial charge in [0, 0.05) is 38.2 Å². The Morgan fingerprint density at radius 2 is 1.96 bits per heavy atom. The Balaban J connectivity index is 1.32. The smallest absolute Gasteiger partial charge is 0.237 e. The average molecular weight is 311 g/mol. The van der Waals surface area contributed by atoms with Crippen LogP contribution >= 0.6 is 0 Å². The fourth-order valence-electron chi connectivity index (χ4n) is 3.06. The second-order valence-corrected chi connectivity index (χ2v) is 6.51. The number of hydrogen-bond acceptors (Lipinski definition) is 4. The van der Waals surface area contributed by atoms with Crippen LogP contribution in [0.15, 0.2) is 40.9 Å². The van der Waals surface area contributed by atoms with Crippen molar-refractivity contribution in [2.75, 3.05) is 19.6 Å². The molecule has 2 aliphatic rings. The van der Waals surface area contributed by atoms with Gasteiger partial charge in [0.05, 0.1) is 12.2 Å². The summed E-state index contributed by atoms with van der Waals surface area (Å²) in [7, 11) is 0. The van der Waals surface area contributed by atoms with Gasteiger partial charge in [-0.2, -0.15) is 0 Å². The van der Waals surface area contributed by atoms with Crippen molar-refractivity contribution in [2.45, 2.75) is 31.8 Å². The summed E-state index contributed by atoms with van der Waals surface area (Å²) in [4.78, 5) is 16.4. The first-order valence-corrected chi connectivity index (χ1v) is 8.27. The predicted octanol–water partition coefficient (Wildman–Crippen LogP) is 2.40. The molecule has 2 aromatic rings. The molecule has 1 aliphatic carbocycles. The molecule has 4 rings (SSSR count). The Morgan fingerprint density at radius 1 is 1.13 bits per heavy atom. The second kappa shape index (κ2) is 6.16. The minimum Gasteiger partial charge on any atom is -0.361 e. The van der Waals surface area contributed by atoms with Crippen molar-refractivity contribution in [2.24, 2.45) is 0 Å². The number of piperazine rings is 1. The number of benzene rings is 1. The van der Waals surface area contributed by atoms with Crippen LogP contribution in [0.25, 0.3) is 0 Å². The van der Waals surface area contributed by atoms with Crippen LogP contribution in [0.4, 0.5) is 0 Å². The van der Waals surface area contributed by atoms with Gasteiger partial charge >= 0.3 is 0 Å². The van der Waals surface area contributed by atoms with Gasteiger partial charge in [-0.15, -0.1) is 0 Å². The first-order chi connectivity index (χ1) is 11.3. The summed E-state index contributed by atoms with van der Waals surface area (Å²) in [5.74, 6) is 1.78. The average Bonchev–Trinajstić information content (AvgIpc) is 3.31. The minimum absolute atomic E-state index is 0.186. The summed E-state index contributed by atoms with van der Waals surface area (Å²) >= 11 is 0. The zero-order chi connectivity index (χ0) is 15.6. The van der Waals surface area contributed by atoms with Crippen molar-refractivity contribution in [3.05, 3.63) is 53.4 Å². The molecule has 1 aromatic carbocycles. The highest BCUT2D eigenvalue weighted by Crippen LogP contribution is 2.40. The van der Waals surface area contributed by atoms with E-state index in [2.05, 4.69) is 28.3 Å². The Labute approximate surface area is 135 Å². The molecular formula is C18H21N3O2. The summed E-state index contributed by atoms with van der Waals surface area (Å²) in [5, 5.41) is 4.14.